The molecule has 0 fully saturated rings. The standard InChI is InChI=1S/C38H69N13O15/c1-5-18(2)28(36(64)45-19(3)30(58)47-22(9-6-7-13-39)32(60)48-23(37(65)66)10-8-14-43-38(41)42)50-33(61)24(16-52)46-26(55)15-44-35(63)29(20(4)54)51-34(62)25(17-53)49-31(59)21(40)11-12-27(56)57/h18-25,28-29,52-54H,5-17,39-40H2,1-4H3,(H,44,63)(H,45,64)(H,46,55)(H,47,58)(H,48,60)(H,49,59)(H,50,61)(H,51,62)(H,56,57)(H,65,66)(H4,41,42,43)/t18-,19-,20+,21-,22-,23-,24-,25-,28-,29-/m0/s1. The van der Waals surface area contributed by atoms with Crippen molar-refractivity contribution < 1.29 is 73.5 Å². The summed E-state index contributed by atoms with van der Waals surface area (Å²) in [6.07, 6.45) is -0.934. The Labute approximate surface area is 380 Å². The number of carboxylic acids is 2. The second kappa shape index (κ2) is 31.6. The van der Waals surface area contributed by atoms with Gasteiger partial charge in [0, 0.05) is 13.0 Å². The number of amides is 8. The molecule has 0 aliphatic carbocycles. The summed E-state index contributed by atoms with van der Waals surface area (Å²) in [5.74, 6) is -11.2. The van der Waals surface area contributed by atoms with Crippen molar-refractivity contribution in [3.8, 4) is 0 Å². The van der Waals surface area contributed by atoms with Crippen LogP contribution in [0.25, 0.3) is 0 Å². The van der Waals surface area contributed by atoms with Gasteiger partial charge in [-0.25, -0.2) is 4.79 Å². The number of unbranched alkanes of at least 4 members (excludes halogenated alkanes) is 1. The Morgan fingerprint density at radius 2 is 1.14 bits per heavy atom. The number of aliphatic hydroxyl groups excluding tert-OH is 3. The minimum absolute atomic E-state index is 0.0324. The number of nitrogens with one attached hydrogen (secondary N) is 8. The number of rotatable bonds is 33. The highest BCUT2D eigenvalue weighted by Crippen LogP contribution is 2.10. The number of guanidine groups is 1. The number of carbonyl (C=O) groups excluding carboxylic acids is 8. The number of hydrogen-bond acceptors (Lipinski definition) is 16. The molecule has 0 aliphatic heterocycles. The molecule has 8 amide bonds. The Kier molecular flexibility index (Phi) is 28.6. The molecule has 0 aromatic carbocycles. The molecule has 28 heteroatoms. The molecule has 0 rings (SSSR count). The van der Waals surface area contributed by atoms with Gasteiger partial charge in [0.05, 0.1) is 31.9 Å². The zero-order valence-electron chi connectivity index (χ0n) is 37.5. The number of nitrogens with two attached hydrogens (primary N) is 4. The predicted molar refractivity (Wildman–Crippen MR) is 233 cm³/mol. The number of nitrogens with zero attached hydrogens (tertiary/aromatic N) is 1. The van der Waals surface area contributed by atoms with Gasteiger partial charge in [-0.1, -0.05) is 20.3 Å². The molecule has 0 aromatic heterocycles. The van der Waals surface area contributed by atoms with E-state index in [4.69, 9.17) is 28.0 Å². The summed E-state index contributed by atoms with van der Waals surface area (Å²) in [7, 11) is 0. The molecule has 0 saturated heterocycles. The van der Waals surface area contributed by atoms with Crippen LogP contribution in [0, 0.1) is 5.92 Å². The zero-order valence-corrected chi connectivity index (χ0v) is 37.5. The zero-order chi connectivity index (χ0) is 50.7. The molecule has 0 radical (unpaired) electrons. The molecule has 0 aromatic rings. The second-order valence-electron chi connectivity index (χ2n) is 15.3. The average molecular weight is 948 g/mol. The predicted octanol–water partition coefficient (Wildman–Crippen LogP) is -7.61. The van der Waals surface area contributed by atoms with Gasteiger partial charge in [0.25, 0.3) is 0 Å². The molecule has 0 bridgehead atoms. The van der Waals surface area contributed by atoms with E-state index in [1.54, 1.807) is 13.8 Å². The lowest BCUT2D eigenvalue weighted by atomic mass is 9.97. The lowest BCUT2D eigenvalue weighted by molar-refractivity contribution is -0.142. The van der Waals surface area contributed by atoms with E-state index in [0.717, 1.165) is 6.92 Å². The van der Waals surface area contributed by atoms with E-state index in [-0.39, 0.29) is 44.7 Å². The summed E-state index contributed by atoms with van der Waals surface area (Å²) >= 11 is 0. The van der Waals surface area contributed by atoms with E-state index < -0.39 is 146 Å². The SMILES string of the molecule is CC[C@H](C)[C@H](NC(=O)[C@H](CO)NC(=O)CNC(=O)[C@@H](NC(=O)[C@H](CO)NC(=O)[C@@H](N)CCC(=O)O)[C@@H](C)O)C(=O)N[C@@H](C)C(=O)N[C@@H](CCCCN)C(=O)N[C@@H](CCCN=C(N)N)C(=O)O. The molecular weight excluding hydrogens is 878 g/mol. The van der Waals surface area contributed by atoms with Crippen LogP contribution in [0.3, 0.4) is 0 Å². The lowest BCUT2D eigenvalue weighted by Gasteiger charge is -2.28. The number of aliphatic hydroxyl groups is 3. The molecule has 21 N–H and O–H groups in total. The van der Waals surface area contributed by atoms with Crippen LogP contribution >= 0.6 is 0 Å². The van der Waals surface area contributed by atoms with Crippen molar-refractivity contribution in [3.63, 3.8) is 0 Å². The van der Waals surface area contributed by atoms with Gasteiger partial charge >= 0.3 is 11.9 Å². The average Bonchev–Trinajstić information content (AvgIpc) is 3.25. The molecule has 0 heterocycles. The highest BCUT2D eigenvalue weighted by Gasteiger charge is 2.34. The van der Waals surface area contributed by atoms with Crippen molar-refractivity contribution >= 4 is 65.2 Å². The quantitative estimate of drug-likeness (QED) is 0.0165. The first-order valence-electron chi connectivity index (χ1n) is 21.2. The van der Waals surface area contributed by atoms with E-state index in [2.05, 4.69) is 47.5 Å². The van der Waals surface area contributed by atoms with Crippen molar-refractivity contribution in [1.82, 2.24) is 42.5 Å². The third-order valence-electron chi connectivity index (χ3n) is 9.83. The summed E-state index contributed by atoms with van der Waals surface area (Å²) in [6, 6.07) is -11.7. The number of aliphatic imine (C=N–C) groups is 1. The maximum absolute atomic E-state index is 13.5. The third-order valence-corrected chi connectivity index (χ3v) is 9.83. The Balaban J connectivity index is 5.68. The van der Waals surface area contributed by atoms with Crippen LogP contribution in [0.4, 0.5) is 0 Å². The third kappa shape index (κ3) is 23.1. The van der Waals surface area contributed by atoms with Gasteiger partial charge in [0.15, 0.2) is 5.96 Å². The Morgan fingerprint density at radius 3 is 1.65 bits per heavy atom. The topological polar surface area (TPSA) is 485 Å². The molecule has 10 atom stereocenters. The number of hydrogen-bond donors (Lipinski definition) is 17. The van der Waals surface area contributed by atoms with Crippen LogP contribution < -0.4 is 65.5 Å². The van der Waals surface area contributed by atoms with E-state index >= 15 is 0 Å². The van der Waals surface area contributed by atoms with E-state index in [0.29, 0.717) is 19.3 Å². The first-order chi connectivity index (χ1) is 30.9. The number of carbonyl (C=O) groups is 10. The monoisotopic (exact) mass is 948 g/mol. The maximum Gasteiger partial charge on any atom is 0.326 e. The van der Waals surface area contributed by atoms with Crippen LogP contribution in [0.2, 0.25) is 0 Å². The van der Waals surface area contributed by atoms with Crippen molar-refractivity contribution in [2.45, 2.75) is 134 Å². The van der Waals surface area contributed by atoms with Crippen LogP contribution in [-0.4, -0.2) is 178 Å². The summed E-state index contributed by atoms with van der Waals surface area (Å²) in [4.78, 5) is 130. The van der Waals surface area contributed by atoms with Crippen LogP contribution in [0.5, 0.6) is 0 Å². The Morgan fingerprint density at radius 1 is 0.606 bits per heavy atom. The van der Waals surface area contributed by atoms with Crippen LogP contribution in [0.15, 0.2) is 4.99 Å². The molecule has 0 saturated carbocycles. The van der Waals surface area contributed by atoms with Gasteiger partial charge in [-0.2, -0.15) is 0 Å². The molecule has 66 heavy (non-hydrogen) atoms. The summed E-state index contributed by atoms with van der Waals surface area (Å²) < 4.78 is 0. The van der Waals surface area contributed by atoms with Gasteiger partial charge in [-0.05, 0) is 64.8 Å². The molecule has 0 unspecified atom stereocenters. The van der Waals surface area contributed by atoms with Crippen molar-refractivity contribution in [3.05, 3.63) is 0 Å². The van der Waals surface area contributed by atoms with Gasteiger partial charge in [0.2, 0.25) is 47.3 Å². The maximum atomic E-state index is 13.5. The first kappa shape index (κ1) is 59.8. The Hall–Kier alpha value is -6.23. The summed E-state index contributed by atoms with van der Waals surface area (Å²) in [5.41, 5.74) is 21.8. The first-order valence-corrected chi connectivity index (χ1v) is 21.2. The highest BCUT2D eigenvalue weighted by atomic mass is 16.4. The second-order valence-corrected chi connectivity index (χ2v) is 15.3. The lowest BCUT2D eigenvalue weighted by Crippen LogP contribution is -2.61. The van der Waals surface area contributed by atoms with E-state index in [1.807, 2.05) is 0 Å². The fourth-order valence-corrected chi connectivity index (χ4v) is 5.67. The van der Waals surface area contributed by atoms with E-state index in [9.17, 15) is 68.4 Å². The van der Waals surface area contributed by atoms with Crippen LogP contribution in [-0.2, 0) is 47.9 Å². The molecule has 28 nitrogen and oxygen atoms in total. The molecule has 0 aliphatic rings. The Bertz CT molecular complexity index is 1680. The smallest absolute Gasteiger partial charge is 0.326 e. The van der Waals surface area contributed by atoms with Crippen molar-refractivity contribution in [2.75, 3.05) is 32.8 Å². The number of aliphatic carboxylic acids is 2. The molecule has 0 spiro atoms. The molecular formula is C38H69N13O15. The van der Waals surface area contributed by atoms with Crippen LogP contribution in [0.1, 0.15) is 79.1 Å². The van der Waals surface area contributed by atoms with Gasteiger partial charge in [-0.3, -0.25) is 48.1 Å². The normalized spacial score (nSPS) is 15.5. The molecule has 376 valence electrons. The highest BCUT2D eigenvalue weighted by molar-refractivity contribution is 5.97. The minimum Gasteiger partial charge on any atom is -0.481 e. The minimum atomic E-state index is -1.75. The van der Waals surface area contributed by atoms with Crippen molar-refractivity contribution in [2.24, 2.45) is 33.8 Å². The largest absolute Gasteiger partial charge is 0.481 e. The van der Waals surface area contributed by atoms with Gasteiger partial charge in [0.1, 0.15) is 42.3 Å². The number of carboxylic acid groups (broad SMARTS) is 2. The fourth-order valence-electron chi connectivity index (χ4n) is 5.67. The van der Waals surface area contributed by atoms with Gasteiger partial charge < -0.3 is 91.0 Å². The summed E-state index contributed by atoms with van der Waals surface area (Å²) in [5, 5.41) is 66.5. The van der Waals surface area contributed by atoms with E-state index in [1.165, 1.54) is 6.92 Å². The summed E-state index contributed by atoms with van der Waals surface area (Å²) in [6.45, 7) is 3.22. The van der Waals surface area contributed by atoms with Crippen molar-refractivity contribution in [1.29, 1.82) is 0 Å². The fraction of sp³-hybridized carbons (Fsp3) is 0.711. The van der Waals surface area contributed by atoms with Gasteiger partial charge in [-0.15, -0.1) is 0 Å².